The third kappa shape index (κ3) is 3.95. The van der Waals surface area contributed by atoms with Crippen LogP contribution >= 0.6 is 0 Å². The number of carbonyl (C=O) groups is 1. The third-order valence-corrected chi connectivity index (χ3v) is 3.31. The van der Waals surface area contributed by atoms with Crippen molar-refractivity contribution in [1.29, 1.82) is 0 Å². The van der Waals surface area contributed by atoms with Crippen LogP contribution in [0.15, 0.2) is 16.7 Å². The molecule has 0 bridgehead atoms. The van der Waals surface area contributed by atoms with E-state index in [1.54, 1.807) is 12.1 Å². The molecule has 1 N–H and O–H groups in total. The Morgan fingerprint density at radius 3 is 2.38 bits per heavy atom. The minimum Gasteiger partial charge on any atom is -0.493 e. The van der Waals surface area contributed by atoms with E-state index in [0.29, 0.717) is 40.9 Å². The molecule has 0 unspecified atom stereocenters. The zero-order valence-electron chi connectivity index (χ0n) is 14.2. The van der Waals surface area contributed by atoms with Crippen LogP contribution in [-0.2, 0) is 13.0 Å². The van der Waals surface area contributed by atoms with E-state index in [0.717, 1.165) is 6.42 Å². The van der Waals surface area contributed by atoms with E-state index in [2.05, 4.69) is 15.5 Å². The molecule has 0 aliphatic carbocycles. The maximum Gasteiger partial charge on any atom is 0.251 e. The second-order valence-electron chi connectivity index (χ2n) is 4.95. The van der Waals surface area contributed by atoms with Crippen molar-refractivity contribution >= 4 is 5.91 Å². The fourth-order valence-corrected chi connectivity index (χ4v) is 2.15. The van der Waals surface area contributed by atoms with Crippen LogP contribution < -0.4 is 19.5 Å². The van der Waals surface area contributed by atoms with E-state index < -0.39 is 0 Å². The summed E-state index contributed by atoms with van der Waals surface area (Å²) >= 11 is 0. The van der Waals surface area contributed by atoms with Gasteiger partial charge in [-0.15, -0.1) is 0 Å². The normalized spacial score (nSPS) is 10.3. The monoisotopic (exact) mass is 335 g/mol. The van der Waals surface area contributed by atoms with Crippen molar-refractivity contribution in [1.82, 2.24) is 15.5 Å². The van der Waals surface area contributed by atoms with Crippen LogP contribution in [0.5, 0.6) is 17.2 Å². The Morgan fingerprint density at radius 2 is 1.83 bits per heavy atom. The molecule has 1 aromatic heterocycles. The summed E-state index contributed by atoms with van der Waals surface area (Å²) in [5, 5.41) is 6.56. The maximum absolute atomic E-state index is 12.3. The number of rotatable bonds is 8. The Balaban J connectivity index is 2.11. The van der Waals surface area contributed by atoms with E-state index >= 15 is 0 Å². The first-order valence-electron chi connectivity index (χ1n) is 7.52. The van der Waals surface area contributed by atoms with Gasteiger partial charge < -0.3 is 24.1 Å². The smallest absolute Gasteiger partial charge is 0.251 e. The molecule has 0 saturated heterocycles. The van der Waals surface area contributed by atoms with Gasteiger partial charge in [-0.05, 0) is 18.6 Å². The van der Waals surface area contributed by atoms with Crippen molar-refractivity contribution in [3.05, 3.63) is 29.4 Å². The molecule has 0 radical (unpaired) electrons. The van der Waals surface area contributed by atoms with Gasteiger partial charge in [-0.2, -0.15) is 4.98 Å². The number of hydrogen-bond donors (Lipinski definition) is 1. The Labute approximate surface area is 140 Å². The first-order valence-corrected chi connectivity index (χ1v) is 7.52. The molecule has 0 aliphatic heterocycles. The lowest BCUT2D eigenvalue weighted by molar-refractivity contribution is 0.0949. The van der Waals surface area contributed by atoms with E-state index in [1.807, 2.05) is 6.92 Å². The quantitative estimate of drug-likeness (QED) is 0.788. The fourth-order valence-electron chi connectivity index (χ4n) is 2.15. The SMILES string of the molecule is CCCc1nc(CNC(=O)c2cc(OC)c(OC)c(OC)c2)no1. The van der Waals surface area contributed by atoms with Crippen LogP contribution in [0, 0.1) is 0 Å². The van der Waals surface area contributed by atoms with Crippen LogP contribution in [0.1, 0.15) is 35.4 Å². The topological polar surface area (TPSA) is 95.7 Å². The number of amides is 1. The van der Waals surface area contributed by atoms with Gasteiger partial charge in [0.25, 0.3) is 5.91 Å². The van der Waals surface area contributed by atoms with Gasteiger partial charge in [-0.1, -0.05) is 12.1 Å². The molecular formula is C16H21N3O5. The molecule has 2 rings (SSSR count). The van der Waals surface area contributed by atoms with E-state index in [-0.39, 0.29) is 12.5 Å². The number of aryl methyl sites for hydroxylation is 1. The minimum atomic E-state index is -0.309. The van der Waals surface area contributed by atoms with Gasteiger partial charge in [-0.3, -0.25) is 4.79 Å². The standard InChI is InChI=1S/C16H21N3O5/c1-5-6-14-18-13(19-24-14)9-17-16(20)10-7-11(21-2)15(23-4)12(8-10)22-3/h7-8H,5-6,9H2,1-4H3,(H,17,20). The molecule has 1 aromatic carbocycles. The minimum absolute atomic E-state index is 0.169. The van der Waals surface area contributed by atoms with E-state index in [1.165, 1.54) is 21.3 Å². The van der Waals surface area contributed by atoms with Crippen LogP contribution in [0.25, 0.3) is 0 Å². The third-order valence-electron chi connectivity index (χ3n) is 3.31. The lowest BCUT2D eigenvalue weighted by Crippen LogP contribution is -2.23. The highest BCUT2D eigenvalue weighted by Crippen LogP contribution is 2.38. The summed E-state index contributed by atoms with van der Waals surface area (Å²) in [4.78, 5) is 16.5. The zero-order valence-corrected chi connectivity index (χ0v) is 14.2. The largest absolute Gasteiger partial charge is 0.493 e. The van der Waals surface area contributed by atoms with Gasteiger partial charge in [0.05, 0.1) is 27.9 Å². The van der Waals surface area contributed by atoms with E-state index in [4.69, 9.17) is 18.7 Å². The molecule has 8 heteroatoms. The molecule has 0 fully saturated rings. The van der Waals surface area contributed by atoms with Gasteiger partial charge in [0.2, 0.25) is 11.6 Å². The average Bonchev–Trinajstić information content (AvgIpc) is 3.06. The number of hydrogen-bond acceptors (Lipinski definition) is 7. The van der Waals surface area contributed by atoms with Gasteiger partial charge >= 0.3 is 0 Å². The van der Waals surface area contributed by atoms with Crippen molar-refractivity contribution < 1.29 is 23.5 Å². The molecule has 8 nitrogen and oxygen atoms in total. The van der Waals surface area contributed by atoms with Gasteiger partial charge in [0.15, 0.2) is 17.3 Å². The summed E-state index contributed by atoms with van der Waals surface area (Å²) in [6.45, 7) is 2.19. The Hall–Kier alpha value is -2.77. The maximum atomic E-state index is 12.3. The lowest BCUT2D eigenvalue weighted by atomic mass is 10.1. The molecular weight excluding hydrogens is 314 g/mol. The average molecular weight is 335 g/mol. The number of nitrogens with one attached hydrogen (secondary N) is 1. The summed E-state index contributed by atoms with van der Waals surface area (Å²) in [5.41, 5.74) is 0.377. The summed E-state index contributed by atoms with van der Waals surface area (Å²) < 4.78 is 20.8. The second-order valence-corrected chi connectivity index (χ2v) is 4.95. The highest BCUT2D eigenvalue weighted by molar-refractivity contribution is 5.95. The van der Waals surface area contributed by atoms with Crippen LogP contribution in [0.4, 0.5) is 0 Å². The first kappa shape index (κ1) is 17.6. The van der Waals surface area contributed by atoms with Crippen LogP contribution in [0.2, 0.25) is 0 Å². The van der Waals surface area contributed by atoms with Crippen molar-refractivity contribution in [3.8, 4) is 17.2 Å². The molecule has 130 valence electrons. The molecule has 0 aliphatic rings. The van der Waals surface area contributed by atoms with E-state index in [9.17, 15) is 4.79 Å². The molecule has 1 heterocycles. The summed E-state index contributed by atoms with van der Waals surface area (Å²) in [6, 6.07) is 3.16. The summed E-state index contributed by atoms with van der Waals surface area (Å²) in [6.07, 6.45) is 1.63. The van der Waals surface area contributed by atoms with Gasteiger partial charge in [0.1, 0.15) is 0 Å². The number of methoxy groups -OCH3 is 3. The second kappa shape index (κ2) is 8.19. The molecule has 0 atom stereocenters. The summed E-state index contributed by atoms with van der Waals surface area (Å²) in [7, 11) is 4.49. The predicted octanol–water partition coefficient (Wildman–Crippen LogP) is 1.98. The van der Waals surface area contributed by atoms with Crippen LogP contribution in [-0.4, -0.2) is 37.4 Å². The van der Waals surface area contributed by atoms with Gasteiger partial charge in [-0.25, -0.2) is 0 Å². The lowest BCUT2D eigenvalue weighted by Gasteiger charge is -2.13. The summed E-state index contributed by atoms with van der Waals surface area (Å²) in [5.74, 6) is 1.93. The molecule has 0 spiro atoms. The predicted molar refractivity (Wildman–Crippen MR) is 85.6 cm³/mol. The highest BCUT2D eigenvalue weighted by atomic mass is 16.5. The zero-order chi connectivity index (χ0) is 17.5. The van der Waals surface area contributed by atoms with Crippen molar-refractivity contribution in [2.45, 2.75) is 26.3 Å². The Morgan fingerprint density at radius 1 is 1.17 bits per heavy atom. The van der Waals surface area contributed by atoms with Crippen molar-refractivity contribution in [3.63, 3.8) is 0 Å². The number of carbonyl (C=O) groups excluding carboxylic acids is 1. The van der Waals surface area contributed by atoms with Crippen molar-refractivity contribution in [2.75, 3.05) is 21.3 Å². The molecule has 2 aromatic rings. The number of ether oxygens (including phenoxy) is 3. The Bertz CT molecular complexity index is 674. The number of nitrogens with zero attached hydrogens (tertiary/aromatic N) is 2. The van der Waals surface area contributed by atoms with Crippen molar-refractivity contribution in [2.24, 2.45) is 0 Å². The molecule has 1 amide bonds. The van der Waals surface area contributed by atoms with Crippen LogP contribution in [0.3, 0.4) is 0 Å². The number of aromatic nitrogens is 2. The highest BCUT2D eigenvalue weighted by Gasteiger charge is 2.17. The van der Waals surface area contributed by atoms with Gasteiger partial charge in [0, 0.05) is 12.0 Å². The molecule has 24 heavy (non-hydrogen) atoms. The Kier molecular flexibility index (Phi) is 6.00. The molecule has 0 saturated carbocycles. The number of benzene rings is 1. The first-order chi connectivity index (χ1) is 11.6. The fraction of sp³-hybridized carbons (Fsp3) is 0.438.